The van der Waals surface area contributed by atoms with Crippen molar-refractivity contribution in [1.82, 2.24) is 0 Å². The van der Waals surface area contributed by atoms with Gasteiger partial charge in [-0.05, 0) is 57.9 Å². The summed E-state index contributed by atoms with van der Waals surface area (Å²) in [5.41, 5.74) is 2.52. The van der Waals surface area contributed by atoms with E-state index in [4.69, 9.17) is 4.74 Å². The van der Waals surface area contributed by atoms with Crippen LogP contribution in [0, 0.1) is 5.82 Å². The van der Waals surface area contributed by atoms with Gasteiger partial charge in [0, 0.05) is 6.07 Å². The van der Waals surface area contributed by atoms with Crippen LogP contribution in [0.2, 0.25) is 0 Å². The number of hydrogen-bond donors (Lipinski definition) is 0. The molecule has 1 fully saturated rings. The highest BCUT2D eigenvalue weighted by molar-refractivity contribution is 9.10. The fourth-order valence-corrected chi connectivity index (χ4v) is 2.28. The third-order valence-electron chi connectivity index (χ3n) is 3.33. The van der Waals surface area contributed by atoms with E-state index >= 15 is 0 Å². The Labute approximate surface area is 120 Å². The summed E-state index contributed by atoms with van der Waals surface area (Å²) in [6.07, 6.45) is 2.63. The molecule has 1 aliphatic carbocycles. The van der Waals surface area contributed by atoms with Gasteiger partial charge in [-0.25, -0.2) is 4.39 Å². The van der Waals surface area contributed by atoms with Gasteiger partial charge in [0.1, 0.15) is 18.2 Å². The number of hydrogen-bond acceptors (Lipinski definition) is 1. The van der Waals surface area contributed by atoms with Crippen LogP contribution in [0.25, 0.3) is 0 Å². The molecular weight excluding hydrogens is 307 g/mol. The fourth-order valence-electron chi connectivity index (χ4n) is 2.04. The van der Waals surface area contributed by atoms with Crippen molar-refractivity contribution in [3.05, 3.63) is 63.9 Å². The van der Waals surface area contributed by atoms with E-state index in [-0.39, 0.29) is 5.82 Å². The third-order valence-corrected chi connectivity index (χ3v) is 3.97. The van der Waals surface area contributed by atoms with Crippen LogP contribution in [-0.2, 0) is 6.61 Å². The highest BCUT2D eigenvalue weighted by atomic mass is 79.9. The van der Waals surface area contributed by atoms with Crippen LogP contribution in [0.5, 0.6) is 5.75 Å². The Balaban J connectivity index is 1.63. The molecule has 98 valence electrons. The van der Waals surface area contributed by atoms with Crippen molar-refractivity contribution in [2.24, 2.45) is 0 Å². The van der Waals surface area contributed by atoms with Crippen molar-refractivity contribution in [3.63, 3.8) is 0 Å². The molecule has 19 heavy (non-hydrogen) atoms. The van der Waals surface area contributed by atoms with Crippen LogP contribution < -0.4 is 4.74 Å². The maximum atomic E-state index is 13.3. The van der Waals surface area contributed by atoms with Gasteiger partial charge in [0.2, 0.25) is 0 Å². The highest BCUT2D eigenvalue weighted by Crippen LogP contribution is 2.39. The Hall–Kier alpha value is -1.35. The van der Waals surface area contributed by atoms with Crippen LogP contribution in [-0.4, -0.2) is 0 Å². The van der Waals surface area contributed by atoms with E-state index in [2.05, 4.69) is 40.2 Å². The first kappa shape index (κ1) is 12.7. The molecule has 0 unspecified atom stereocenters. The molecule has 2 aromatic carbocycles. The van der Waals surface area contributed by atoms with E-state index < -0.39 is 0 Å². The molecule has 0 heterocycles. The molecule has 2 aromatic rings. The van der Waals surface area contributed by atoms with Crippen LogP contribution in [0.1, 0.15) is 29.9 Å². The first-order valence-electron chi connectivity index (χ1n) is 6.39. The number of halogens is 2. The second-order valence-corrected chi connectivity index (χ2v) is 5.73. The summed E-state index contributed by atoms with van der Waals surface area (Å²) in [6.45, 7) is 0.464. The molecule has 3 heteroatoms. The molecule has 1 nitrogen and oxygen atoms in total. The van der Waals surface area contributed by atoms with Crippen molar-refractivity contribution in [2.45, 2.75) is 25.4 Å². The molecule has 1 aliphatic rings. The monoisotopic (exact) mass is 320 g/mol. The normalized spacial score (nSPS) is 14.4. The van der Waals surface area contributed by atoms with Crippen molar-refractivity contribution in [3.8, 4) is 5.75 Å². The van der Waals surface area contributed by atoms with Crippen LogP contribution in [0.3, 0.4) is 0 Å². The molecule has 1 saturated carbocycles. The zero-order valence-corrected chi connectivity index (χ0v) is 12.0. The number of benzene rings is 2. The SMILES string of the molecule is Fc1cc(OCc2ccc(C3CC3)cc2)ccc1Br. The van der Waals surface area contributed by atoms with Crippen molar-refractivity contribution in [1.29, 1.82) is 0 Å². The largest absolute Gasteiger partial charge is 0.489 e. The Morgan fingerprint density at radius 1 is 1.11 bits per heavy atom. The molecule has 0 aliphatic heterocycles. The molecule has 0 bridgehead atoms. The van der Waals surface area contributed by atoms with Gasteiger partial charge in [0.15, 0.2) is 0 Å². The minimum Gasteiger partial charge on any atom is -0.489 e. The lowest BCUT2D eigenvalue weighted by atomic mass is 10.1. The maximum Gasteiger partial charge on any atom is 0.141 e. The summed E-state index contributed by atoms with van der Waals surface area (Å²) in [6, 6.07) is 13.3. The zero-order chi connectivity index (χ0) is 13.2. The van der Waals surface area contributed by atoms with Gasteiger partial charge in [-0.1, -0.05) is 24.3 Å². The summed E-state index contributed by atoms with van der Waals surface area (Å²) >= 11 is 3.12. The smallest absolute Gasteiger partial charge is 0.141 e. The Morgan fingerprint density at radius 3 is 2.47 bits per heavy atom. The van der Waals surface area contributed by atoms with Crippen molar-refractivity contribution < 1.29 is 9.13 Å². The van der Waals surface area contributed by atoms with Crippen molar-refractivity contribution >= 4 is 15.9 Å². The molecule has 0 saturated heterocycles. The van der Waals surface area contributed by atoms with Gasteiger partial charge in [-0.3, -0.25) is 0 Å². The maximum absolute atomic E-state index is 13.3. The second kappa shape index (κ2) is 5.33. The highest BCUT2D eigenvalue weighted by Gasteiger charge is 2.22. The molecule has 0 aromatic heterocycles. The van der Waals surface area contributed by atoms with Gasteiger partial charge < -0.3 is 4.74 Å². The van der Waals surface area contributed by atoms with Crippen LogP contribution in [0.15, 0.2) is 46.9 Å². The van der Waals surface area contributed by atoms with E-state index in [0.717, 1.165) is 11.5 Å². The predicted octanol–water partition coefficient (Wildman–Crippen LogP) is 5.04. The van der Waals surface area contributed by atoms with Gasteiger partial charge in [-0.2, -0.15) is 0 Å². The lowest BCUT2D eigenvalue weighted by molar-refractivity contribution is 0.304. The quantitative estimate of drug-likeness (QED) is 0.766. The lowest BCUT2D eigenvalue weighted by Gasteiger charge is -2.07. The Kier molecular flexibility index (Phi) is 3.56. The van der Waals surface area contributed by atoms with E-state index in [9.17, 15) is 4.39 Å². The average Bonchev–Trinajstić information content (AvgIpc) is 3.25. The number of rotatable bonds is 4. The molecule has 0 spiro atoms. The molecule has 0 radical (unpaired) electrons. The topological polar surface area (TPSA) is 9.23 Å². The van der Waals surface area contributed by atoms with Gasteiger partial charge in [0.05, 0.1) is 4.47 Å². The average molecular weight is 321 g/mol. The fraction of sp³-hybridized carbons (Fsp3) is 0.250. The lowest BCUT2D eigenvalue weighted by Crippen LogP contribution is -1.96. The summed E-state index contributed by atoms with van der Waals surface area (Å²) < 4.78 is 19.4. The zero-order valence-electron chi connectivity index (χ0n) is 10.4. The summed E-state index contributed by atoms with van der Waals surface area (Å²) in [5, 5.41) is 0. The molecule has 0 atom stereocenters. The van der Waals surface area contributed by atoms with Gasteiger partial charge in [-0.15, -0.1) is 0 Å². The molecule has 0 N–H and O–H groups in total. The molecule has 0 amide bonds. The second-order valence-electron chi connectivity index (χ2n) is 4.88. The van der Waals surface area contributed by atoms with Crippen molar-refractivity contribution in [2.75, 3.05) is 0 Å². The molecular formula is C16H14BrFO. The predicted molar refractivity (Wildman–Crippen MR) is 76.8 cm³/mol. The minimum absolute atomic E-state index is 0.304. The van der Waals surface area contributed by atoms with Gasteiger partial charge in [0.25, 0.3) is 0 Å². The first-order chi connectivity index (χ1) is 9.22. The Bertz CT molecular complexity index is 576. The van der Waals surface area contributed by atoms with E-state index in [0.29, 0.717) is 16.8 Å². The Morgan fingerprint density at radius 2 is 1.84 bits per heavy atom. The van der Waals surface area contributed by atoms with Gasteiger partial charge >= 0.3 is 0 Å². The number of ether oxygens (including phenoxy) is 1. The van der Waals surface area contributed by atoms with E-state index in [1.54, 1.807) is 12.1 Å². The summed E-state index contributed by atoms with van der Waals surface area (Å²) in [4.78, 5) is 0. The van der Waals surface area contributed by atoms with E-state index in [1.807, 2.05) is 0 Å². The third kappa shape index (κ3) is 3.16. The first-order valence-corrected chi connectivity index (χ1v) is 7.18. The molecule has 3 rings (SSSR count). The standard InChI is InChI=1S/C16H14BrFO/c17-15-8-7-14(9-16(15)18)19-10-11-1-3-12(4-2-11)13-5-6-13/h1-4,7-9,13H,5-6,10H2. The minimum atomic E-state index is -0.304. The summed E-state index contributed by atoms with van der Waals surface area (Å²) in [7, 11) is 0. The van der Waals surface area contributed by atoms with Crippen LogP contribution in [0.4, 0.5) is 4.39 Å². The van der Waals surface area contributed by atoms with Crippen LogP contribution >= 0.6 is 15.9 Å². The van der Waals surface area contributed by atoms with E-state index in [1.165, 1.54) is 24.5 Å². The summed E-state index contributed by atoms with van der Waals surface area (Å²) in [5.74, 6) is 1.02.